The van der Waals surface area contributed by atoms with Crippen molar-refractivity contribution < 1.29 is 73.2 Å². The number of carbonyl (C=O) groups is 11. The van der Waals surface area contributed by atoms with Crippen molar-refractivity contribution in [2.45, 2.75) is 180 Å². The summed E-state index contributed by atoms with van der Waals surface area (Å²) in [5, 5.41) is 65.1. The Kier molecular flexibility index (Phi) is 28.8. The van der Waals surface area contributed by atoms with Crippen LogP contribution in [0.4, 0.5) is 0 Å². The maximum atomic E-state index is 14.6. The van der Waals surface area contributed by atoms with Gasteiger partial charge in [0.1, 0.15) is 65.9 Å². The number of carboxylic acid groups (broad SMARTS) is 1. The zero-order valence-corrected chi connectivity index (χ0v) is 54.8. The highest BCUT2D eigenvalue weighted by Gasteiger charge is 2.42. The van der Waals surface area contributed by atoms with Gasteiger partial charge in [-0.3, -0.25) is 47.9 Å². The first-order valence-corrected chi connectivity index (χ1v) is 31.9. The number of aliphatic hydroxyl groups is 1. The molecule has 28 heteroatoms. The summed E-state index contributed by atoms with van der Waals surface area (Å²) in [4.78, 5) is 158. The summed E-state index contributed by atoms with van der Waals surface area (Å²) in [7, 11) is 0. The molecule has 514 valence electrons. The van der Waals surface area contributed by atoms with Gasteiger partial charge in [0.25, 0.3) is 0 Å². The summed E-state index contributed by atoms with van der Waals surface area (Å²) < 4.78 is 0. The van der Waals surface area contributed by atoms with Crippen LogP contribution in [0.3, 0.4) is 0 Å². The van der Waals surface area contributed by atoms with Gasteiger partial charge in [0, 0.05) is 42.9 Å². The van der Waals surface area contributed by atoms with Gasteiger partial charge in [-0.05, 0) is 116 Å². The van der Waals surface area contributed by atoms with E-state index in [9.17, 15) is 73.2 Å². The van der Waals surface area contributed by atoms with E-state index in [1.807, 2.05) is 24.3 Å². The number of H-pyrrole nitrogens is 1. The van der Waals surface area contributed by atoms with Gasteiger partial charge in [-0.25, -0.2) is 4.79 Å². The average molecular weight is 1310 g/mol. The Morgan fingerprint density at radius 2 is 1.04 bits per heavy atom. The Bertz CT molecular complexity index is 3260. The zero-order valence-electron chi connectivity index (χ0n) is 54.8. The fourth-order valence-corrected chi connectivity index (χ4v) is 10.7. The Labute approximate surface area is 547 Å². The molecule has 0 unspecified atom stereocenters. The maximum Gasteiger partial charge on any atom is 0.326 e. The van der Waals surface area contributed by atoms with Crippen LogP contribution < -0.4 is 59.3 Å². The molecule has 1 aromatic heterocycles. The number of nitrogens with one attached hydrogen (secondary N) is 10. The Balaban J connectivity index is 1.31. The van der Waals surface area contributed by atoms with Gasteiger partial charge >= 0.3 is 5.97 Å². The number of aliphatic carboxylic acids is 1. The molecule has 28 nitrogen and oxygen atoms in total. The van der Waals surface area contributed by atoms with E-state index in [0.29, 0.717) is 42.5 Å². The molecule has 18 N–H and O–H groups in total. The van der Waals surface area contributed by atoms with Crippen molar-refractivity contribution in [3.8, 4) is 11.5 Å². The number of para-hydroxylation sites is 1. The third-order valence-electron chi connectivity index (χ3n) is 16.4. The SMILES string of the molecule is CC(C)[C@H](N)C(=O)N[C@H](C(=O)N[C@H](C(=O)N[C@@H](Cc1ccc(O)cc1)C(=O)N[C@@H](Cc1ccc(O)cc1)C(=O)NCC(=O)N[C@H](C(=O)N1CCC[C@H]1C(=O)N[C@H](C(=O)N[C@@H](Cc1c[nH]c2ccccc12)C(=O)N[C@@H](CCCCN)C(=O)O)C(C)C)C(C)C)C(C)C)[C@@H](C)O. The summed E-state index contributed by atoms with van der Waals surface area (Å²) in [6.45, 7) is 14.3. The minimum absolute atomic E-state index is 0.0488. The number of hydrogen-bond acceptors (Lipinski definition) is 16. The second kappa shape index (κ2) is 35.8. The molecule has 5 rings (SSSR count). The van der Waals surface area contributed by atoms with Crippen molar-refractivity contribution >= 4 is 75.9 Å². The van der Waals surface area contributed by atoms with Gasteiger partial charge in [0.2, 0.25) is 59.1 Å². The number of rotatable bonds is 35. The van der Waals surface area contributed by atoms with Gasteiger partial charge in [-0.2, -0.15) is 0 Å². The summed E-state index contributed by atoms with van der Waals surface area (Å²) >= 11 is 0. The van der Waals surface area contributed by atoms with Crippen LogP contribution in [-0.2, 0) is 72.0 Å². The lowest BCUT2D eigenvalue weighted by Crippen LogP contribution is -2.62. The number of nitrogens with zero attached hydrogens (tertiary/aromatic N) is 1. The zero-order chi connectivity index (χ0) is 69.7. The van der Waals surface area contributed by atoms with E-state index in [1.165, 1.54) is 60.4 Å². The van der Waals surface area contributed by atoms with Crippen molar-refractivity contribution in [1.29, 1.82) is 0 Å². The fourth-order valence-electron chi connectivity index (χ4n) is 10.7. The number of benzene rings is 3. The molecule has 1 fully saturated rings. The van der Waals surface area contributed by atoms with E-state index in [1.54, 1.807) is 61.6 Å². The highest BCUT2D eigenvalue weighted by molar-refractivity contribution is 5.99. The standard InChI is InChI=1S/C66H95N13O15/c1-34(2)52(68)61(88)78-56(38(9)80)64(91)77-54(36(5)6)63(90)73-48(30-40-21-25-43(82)26-22-40)58(85)72-47(29-39-19-23-42(81)24-20-39)57(84)70-33-51(83)75-55(37(7)8)65(92)79-28-14-18-50(79)60(87)76-53(35(3)4)62(89)74-49(31-41-32-69-45-16-11-10-15-44(41)45)59(86)71-46(66(93)94)17-12-13-27-67/h10-11,15-16,19-26,32,34-38,46-50,52-56,69,80-82H,12-14,17-18,27-31,33,67-68H2,1-9H3,(H,70,84)(H,71,86)(H,72,85)(H,73,90)(H,74,89)(H,75,83)(H,76,87)(H,77,91)(H,78,88)(H,93,94)/t38-,46+,47+,48+,49+,50+,52+,53+,54+,55+,56+/m1/s1. The topological polar surface area (TPSA) is 448 Å². The number of carboxylic acids is 1. The monoisotopic (exact) mass is 1310 g/mol. The van der Waals surface area contributed by atoms with Crippen molar-refractivity contribution in [3.05, 3.63) is 95.7 Å². The average Bonchev–Trinajstić information content (AvgIpc) is 1.62. The number of aromatic nitrogens is 1. The van der Waals surface area contributed by atoms with Crippen molar-refractivity contribution in [2.75, 3.05) is 19.6 Å². The van der Waals surface area contributed by atoms with E-state index in [2.05, 4.69) is 52.8 Å². The lowest BCUT2D eigenvalue weighted by Gasteiger charge is -2.32. The molecular weight excluding hydrogens is 1210 g/mol. The maximum absolute atomic E-state index is 14.6. The normalized spacial score (nSPS) is 16.3. The van der Waals surface area contributed by atoms with Crippen molar-refractivity contribution in [1.82, 2.24) is 57.7 Å². The van der Waals surface area contributed by atoms with Gasteiger partial charge < -0.3 is 89.6 Å². The Morgan fingerprint density at radius 1 is 0.553 bits per heavy atom. The summed E-state index contributed by atoms with van der Waals surface area (Å²) in [5.41, 5.74) is 13.9. The summed E-state index contributed by atoms with van der Waals surface area (Å²) in [6.07, 6.45) is 1.39. The number of unbranched alkanes of at least 4 members (excludes halogenated alkanes) is 1. The van der Waals surface area contributed by atoms with Crippen LogP contribution in [0.15, 0.2) is 79.0 Å². The molecule has 0 spiro atoms. The number of fused-ring (bicyclic) bond motifs is 1. The van der Waals surface area contributed by atoms with Crippen LogP contribution >= 0.6 is 0 Å². The third-order valence-corrected chi connectivity index (χ3v) is 16.4. The molecule has 0 bridgehead atoms. The number of likely N-dealkylation sites (tertiary alicyclic amines) is 1. The van der Waals surface area contributed by atoms with Crippen LogP contribution in [0.2, 0.25) is 0 Å². The highest BCUT2D eigenvalue weighted by Crippen LogP contribution is 2.23. The predicted molar refractivity (Wildman–Crippen MR) is 348 cm³/mol. The molecular formula is C66H95N13O15. The quantitative estimate of drug-likeness (QED) is 0.0272. The number of aliphatic hydroxyl groups excluding tert-OH is 1. The molecule has 94 heavy (non-hydrogen) atoms. The van der Waals surface area contributed by atoms with Crippen molar-refractivity contribution in [2.24, 2.45) is 35.1 Å². The number of aromatic amines is 1. The second-order valence-corrected chi connectivity index (χ2v) is 25.3. The summed E-state index contributed by atoms with van der Waals surface area (Å²) in [5.74, 6) is -11.5. The number of phenols is 2. The van der Waals surface area contributed by atoms with Crippen LogP contribution in [0.5, 0.6) is 11.5 Å². The molecule has 0 radical (unpaired) electrons. The first-order valence-electron chi connectivity index (χ1n) is 31.9. The molecule has 0 aliphatic carbocycles. The van der Waals surface area contributed by atoms with E-state index in [4.69, 9.17) is 11.5 Å². The van der Waals surface area contributed by atoms with E-state index in [-0.39, 0.29) is 56.1 Å². The number of phenolic OH excluding ortho intramolecular Hbond substituents is 2. The number of nitrogens with two attached hydrogens (primary N) is 2. The largest absolute Gasteiger partial charge is 0.508 e. The van der Waals surface area contributed by atoms with E-state index in [0.717, 1.165) is 10.9 Å². The van der Waals surface area contributed by atoms with Gasteiger partial charge in [-0.15, -0.1) is 0 Å². The summed E-state index contributed by atoms with van der Waals surface area (Å²) in [6, 6.07) is 5.73. The van der Waals surface area contributed by atoms with Crippen LogP contribution in [0.1, 0.15) is 111 Å². The van der Waals surface area contributed by atoms with Gasteiger partial charge in [-0.1, -0.05) is 97.9 Å². The third kappa shape index (κ3) is 22.0. The molecule has 1 aliphatic rings. The lowest BCUT2D eigenvalue weighted by atomic mass is 9.99. The number of hydrogen-bond donors (Lipinski definition) is 16. The lowest BCUT2D eigenvalue weighted by molar-refractivity contribution is -0.143. The molecule has 11 atom stereocenters. The van der Waals surface area contributed by atoms with Crippen LogP contribution in [0, 0.1) is 23.7 Å². The number of amides is 10. The van der Waals surface area contributed by atoms with Crippen LogP contribution in [0.25, 0.3) is 10.9 Å². The second-order valence-electron chi connectivity index (χ2n) is 25.3. The first-order chi connectivity index (χ1) is 44.4. The predicted octanol–water partition coefficient (Wildman–Crippen LogP) is 0.138. The van der Waals surface area contributed by atoms with Gasteiger partial charge in [0.15, 0.2) is 0 Å². The molecule has 3 aromatic carbocycles. The van der Waals surface area contributed by atoms with E-state index >= 15 is 0 Å². The van der Waals surface area contributed by atoms with Crippen molar-refractivity contribution in [3.63, 3.8) is 0 Å². The molecule has 1 saturated heterocycles. The molecule has 4 aromatic rings. The molecule has 2 heterocycles. The Morgan fingerprint density at radius 3 is 1.56 bits per heavy atom. The van der Waals surface area contributed by atoms with Gasteiger partial charge in [0.05, 0.1) is 18.7 Å². The first kappa shape index (κ1) is 75.6. The molecule has 1 aliphatic heterocycles. The Hall–Kier alpha value is -9.15. The fraction of sp³-hybridized carbons (Fsp3) is 0.530. The minimum atomic E-state index is -1.53. The van der Waals surface area contributed by atoms with Crippen LogP contribution in [-0.4, -0.2) is 182 Å². The van der Waals surface area contributed by atoms with E-state index < -0.39 is 156 Å². The number of aromatic hydroxyl groups is 2. The molecule has 10 amide bonds. The smallest absolute Gasteiger partial charge is 0.326 e. The highest BCUT2D eigenvalue weighted by atomic mass is 16.4. The minimum Gasteiger partial charge on any atom is -0.508 e. The molecule has 0 saturated carbocycles. The number of carbonyl (C=O) groups excluding carboxylic acids is 10.